The number of carbonyl (C=O) groups excluding carboxylic acids is 1. The van der Waals surface area contributed by atoms with Crippen LogP contribution >= 0.6 is 0 Å². The molecule has 2 aromatic carbocycles. The molecule has 4 aromatic rings. The molecule has 9 nitrogen and oxygen atoms in total. The zero-order valence-electron chi connectivity index (χ0n) is 28.4. The molecular formula is C36H58N6O3. The van der Waals surface area contributed by atoms with Gasteiger partial charge < -0.3 is 16.3 Å². The van der Waals surface area contributed by atoms with E-state index in [0.717, 1.165) is 30.5 Å². The van der Waals surface area contributed by atoms with E-state index in [2.05, 4.69) is 102 Å². The quantitative estimate of drug-likeness (QED) is 0.124. The Bertz CT molecular complexity index is 1370. The van der Waals surface area contributed by atoms with E-state index in [1.54, 1.807) is 28.7 Å². The average molecular weight is 623 g/mol. The number of carbonyl (C=O) groups is 1. The molecule has 0 spiro atoms. The Kier molecular flexibility index (Phi) is 20.7. The number of benzene rings is 2. The molecule has 0 aliphatic heterocycles. The summed E-state index contributed by atoms with van der Waals surface area (Å²) in [6.07, 6.45) is 6.23. The molecule has 0 atom stereocenters. The molecule has 4 rings (SSSR count). The number of nitrogen functional groups attached to an aromatic ring is 1. The fourth-order valence-electron chi connectivity index (χ4n) is 4.40. The van der Waals surface area contributed by atoms with Crippen LogP contribution in [0, 0.1) is 0 Å². The standard InChI is InChI=1S/C17H23N3.C12H19N.C5H6N2O.CH4O.CH4.H2O/c1-12(2)15-7-6-8-16(13(3)4)17(15)18-11-14-9-10-20(5)19-14;1-8(2)10-6-5-7-11(9(3)4)12(10)13;1-7-3-2-5(4-8)6-7;1-2;;/h6-13H,1-5H3;5-9H,13H2,1-4H3;2-4H,1H3;2H,1H3;1H4;1H2. The fourth-order valence-corrected chi connectivity index (χ4v) is 4.40. The molecule has 0 saturated carbocycles. The zero-order chi connectivity index (χ0) is 32.7. The molecule has 0 fully saturated rings. The Labute approximate surface area is 271 Å². The van der Waals surface area contributed by atoms with E-state index in [9.17, 15) is 4.79 Å². The maximum absolute atomic E-state index is 9.94. The summed E-state index contributed by atoms with van der Waals surface area (Å²) in [5.74, 6) is 1.95. The second kappa shape index (κ2) is 21.6. The van der Waals surface area contributed by atoms with Gasteiger partial charge in [-0.05, 0) is 58.1 Å². The number of nitrogens with two attached hydrogens (primary N) is 1. The van der Waals surface area contributed by atoms with Crippen molar-refractivity contribution in [1.29, 1.82) is 0 Å². The first-order valence-corrected chi connectivity index (χ1v) is 14.8. The van der Waals surface area contributed by atoms with Crippen molar-refractivity contribution in [3.8, 4) is 0 Å². The minimum atomic E-state index is 0. The number of nitrogens with zero attached hydrogens (tertiary/aromatic N) is 5. The maximum Gasteiger partial charge on any atom is 0.170 e. The molecule has 2 aromatic heterocycles. The minimum Gasteiger partial charge on any atom is -0.412 e. The Morgan fingerprint density at radius 1 is 0.689 bits per heavy atom. The molecule has 0 unspecified atom stereocenters. The van der Waals surface area contributed by atoms with Crippen molar-refractivity contribution in [2.45, 2.75) is 86.5 Å². The van der Waals surface area contributed by atoms with Crippen molar-refractivity contribution >= 4 is 23.9 Å². The molecule has 5 N–H and O–H groups in total. The summed E-state index contributed by atoms with van der Waals surface area (Å²) in [6.45, 7) is 17.5. The van der Waals surface area contributed by atoms with Crippen LogP contribution in [0.5, 0.6) is 0 Å². The molecule has 45 heavy (non-hydrogen) atoms. The molecule has 0 saturated heterocycles. The second-order valence-corrected chi connectivity index (χ2v) is 11.5. The first-order valence-electron chi connectivity index (χ1n) is 14.8. The summed E-state index contributed by atoms with van der Waals surface area (Å²) in [4.78, 5) is 14.7. The van der Waals surface area contributed by atoms with Gasteiger partial charge in [-0.1, -0.05) is 99.2 Å². The van der Waals surface area contributed by atoms with Crippen LogP contribution in [0.4, 0.5) is 11.4 Å². The van der Waals surface area contributed by atoms with Crippen molar-refractivity contribution in [2.75, 3.05) is 12.8 Å². The molecule has 0 aliphatic rings. The van der Waals surface area contributed by atoms with Crippen LogP contribution in [0.1, 0.15) is 125 Å². The molecule has 9 heteroatoms. The number of aliphatic hydroxyl groups excluding tert-OH is 1. The van der Waals surface area contributed by atoms with Crippen LogP contribution in [0.25, 0.3) is 0 Å². The van der Waals surface area contributed by atoms with Crippen LogP contribution in [-0.2, 0) is 14.1 Å². The Hall–Kier alpha value is -4.08. The number of hydrogen-bond acceptors (Lipinski definition) is 6. The van der Waals surface area contributed by atoms with Crippen LogP contribution in [-0.4, -0.2) is 49.8 Å². The largest absolute Gasteiger partial charge is 0.412 e. The molecule has 2 heterocycles. The summed E-state index contributed by atoms with van der Waals surface area (Å²) >= 11 is 0. The number of para-hydroxylation sites is 2. The zero-order valence-corrected chi connectivity index (χ0v) is 28.4. The fraction of sp³-hybridized carbons (Fsp3) is 0.444. The number of aliphatic hydroxyl groups is 1. The number of rotatable bonds is 7. The summed E-state index contributed by atoms with van der Waals surface area (Å²) in [6, 6.07) is 16.4. The van der Waals surface area contributed by atoms with Gasteiger partial charge in [-0.2, -0.15) is 10.2 Å². The van der Waals surface area contributed by atoms with Crippen LogP contribution < -0.4 is 5.73 Å². The lowest BCUT2D eigenvalue weighted by atomic mass is 9.93. The van der Waals surface area contributed by atoms with E-state index in [1.807, 2.05) is 25.5 Å². The van der Waals surface area contributed by atoms with Crippen molar-refractivity contribution in [1.82, 2.24) is 19.6 Å². The third kappa shape index (κ3) is 13.6. The second-order valence-electron chi connectivity index (χ2n) is 11.5. The number of aromatic nitrogens is 4. The summed E-state index contributed by atoms with van der Waals surface area (Å²) < 4.78 is 3.38. The van der Waals surface area contributed by atoms with Crippen LogP contribution in [0.2, 0.25) is 0 Å². The first-order chi connectivity index (χ1) is 20.3. The van der Waals surface area contributed by atoms with Crippen molar-refractivity contribution in [2.24, 2.45) is 19.1 Å². The number of aliphatic imine (C=N–C) groups is 1. The number of aryl methyl sites for hydroxylation is 2. The van der Waals surface area contributed by atoms with Gasteiger partial charge in [0, 0.05) is 39.3 Å². The first kappa shape index (κ1) is 43.0. The van der Waals surface area contributed by atoms with E-state index < -0.39 is 0 Å². The van der Waals surface area contributed by atoms with Gasteiger partial charge in [-0.25, -0.2) is 0 Å². The van der Waals surface area contributed by atoms with Gasteiger partial charge in [0.1, 0.15) is 11.4 Å². The lowest BCUT2D eigenvalue weighted by Gasteiger charge is -2.16. The van der Waals surface area contributed by atoms with Gasteiger partial charge in [-0.3, -0.25) is 19.2 Å². The summed E-state index contributed by atoms with van der Waals surface area (Å²) in [5, 5.41) is 15.1. The van der Waals surface area contributed by atoms with Crippen molar-refractivity contribution in [3.63, 3.8) is 0 Å². The predicted molar refractivity (Wildman–Crippen MR) is 191 cm³/mol. The molecule has 0 radical (unpaired) electrons. The third-order valence-electron chi connectivity index (χ3n) is 6.68. The van der Waals surface area contributed by atoms with E-state index in [1.165, 1.54) is 22.3 Å². The van der Waals surface area contributed by atoms with Gasteiger partial charge in [-0.15, -0.1) is 0 Å². The lowest BCUT2D eigenvalue weighted by molar-refractivity contribution is 0.111. The van der Waals surface area contributed by atoms with E-state index in [-0.39, 0.29) is 12.9 Å². The number of anilines is 1. The summed E-state index contributed by atoms with van der Waals surface area (Å²) in [7, 11) is 4.69. The molecule has 0 aliphatic carbocycles. The highest BCUT2D eigenvalue weighted by Crippen LogP contribution is 2.34. The Morgan fingerprint density at radius 2 is 1.04 bits per heavy atom. The number of hydrogen-bond donors (Lipinski definition) is 2. The molecule has 0 amide bonds. The van der Waals surface area contributed by atoms with Crippen molar-refractivity contribution in [3.05, 3.63) is 94.6 Å². The van der Waals surface area contributed by atoms with Gasteiger partial charge in [0.2, 0.25) is 0 Å². The van der Waals surface area contributed by atoms with Crippen LogP contribution in [0.15, 0.2) is 65.9 Å². The molecular weight excluding hydrogens is 564 g/mol. The Morgan fingerprint density at radius 3 is 1.33 bits per heavy atom. The third-order valence-corrected chi connectivity index (χ3v) is 6.68. The molecule has 0 bridgehead atoms. The number of aldehydes is 1. The predicted octanol–water partition coefficient (Wildman–Crippen LogP) is 7.59. The van der Waals surface area contributed by atoms with Gasteiger partial charge >= 0.3 is 0 Å². The van der Waals surface area contributed by atoms with Gasteiger partial charge in [0.25, 0.3) is 0 Å². The SMILES string of the molecule is C.CC(C)c1cccc(C(C)C)c1N.CC(C)c1cccc(C(C)C)c1N=Cc1ccn(C)n1.CO.Cn1ccc(C=O)n1.O. The average Bonchev–Trinajstić information content (AvgIpc) is 3.60. The summed E-state index contributed by atoms with van der Waals surface area (Å²) in [5.41, 5.74) is 14.7. The minimum absolute atomic E-state index is 0. The van der Waals surface area contributed by atoms with E-state index in [0.29, 0.717) is 29.4 Å². The van der Waals surface area contributed by atoms with Gasteiger partial charge in [0.05, 0.1) is 11.9 Å². The van der Waals surface area contributed by atoms with E-state index >= 15 is 0 Å². The topological polar surface area (TPSA) is 143 Å². The highest BCUT2D eigenvalue weighted by atomic mass is 16.2. The van der Waals surface area contributed by atoms with E-state index in [4.69, 9.17) is 15.8 Å². The monoisotopic (exact) mass is 622 g/mol. The molecule has 250 valence electrons. The smallest absolute Gasteiger partial charge is 0.170 e. The highest BCUT2D eigenvalue weighted by molar-refractivity contribution is 5.80. The highest BCUT2D eigenvalue weighted by Gasteiger charge is 2.13. The van der Waals surface area contributed by atoms with Gasteiger partial charge in [0.15, 0.2) is 6.29 Å². The normalized spacial score (nSPS) is 10.3. The van der Waals surface area contributed by atoms with Crippen molar-refractivity contribution < 1.29 is 15.4 Å². The lowest BCUT2D eigenvalue weighted by Crippen LogP contribution is -2.02. The maximum atomic E-state index is 9.94. The van der Waals surface area contributed by atoms with Crippen LogP contribution in [0.3, 0.4) is 0 Å². The Balaban J connectivity index is 0.